The minimum atomic E-state index is -4.18. The smallest absolute Gasteiger partial charge is 0.180 e. The molecule has 1 rings (SSSR count). The molecule has 0 saturated heterocycles. The van der Waals surface area contributed by atoms with E-state index < -0.39 is 18.3 Å². The molecule has 0 amide bonds. The number of nitrogen functional groups attached to an aromatic ring is 1. The van der Waals surface area contributed by atoms with Crippen LogP contribution in [0.1, 0.15) is 4.88 Å². The summed E-state index contributed by atoms with van der Waals surface area (Å²) in [6.07, 6.45) is -0.334. The standard InChI is InChI=1S/C5H8NO3PS/c6-11-3-1-2-5(11)4-10(7,8)9/h1-3H,4,6H2,(H-,7,8,9). The van der Waals surface area contributed by atoms with Gasteiger partial charge >= 0.3 is 0 Å². The third kappa shape index (κ3) is 2.73. The second-order valence-corrected chi connectivity index (χ2v) is 5.26. The lowest BCUT2D eigenvalue weighted by atomic mass is 10.5. The Morgan fingerprint density at radius 1 is 1.82 bits per heavy atom. The van der Waals surface area contributed by atoms with E-state index in [4.69, 9.17) is 10.0 Å². The van der Waals surface area contributed by atoms with Crippen molar-refractivity contribution in [2.45, 2.75) is 6.16 Å². The maximum absolute atomic E-state index is 10.4. The summed E-state index contributed by atoms with van der Waals surface area (Å²) in [4.78, 5) is 19.4. The van der Waals surface area contributed by atoms with E-state index in [2.05, 4.69) is 0 Å². The molecule has 2 atom stereocenters. The van der Waals surface area contributed by atoms with E-state index in [1.165, 1.54) is 0 Å². The zero-order valence-corrected chi connectivity index (χ0v) is 7.35. The molecule has 0 aliphatic heterocycles. The van der Waals surface area contributed by atoms with Crippen LogP contribution in [0.4, 0.5) is 0 Å². The maximum atomic E-state index is 10.4. The van der Waals surface area contributed by atoms with Crippen molar-refractivity contribution < 1.29 is 14.4 Å². The van der Waals surface area contributed by atoms with Crippen LogP contribution in [0.15, 0.2) is 17.5 Å². The second kappa shape index (κ2) is 3.05. The van der Waals surface area contributed by atoms with E-state index in [-0.39, 0.29) is 6.16 Å². The summed E-state index contributed by atoms with van der Waals surface area (Å²) in [6, 6.07) is 3.30. The molecule has 1 heterocycles. The van der Waals surface area contributed by atoms with E-state index in [1.54, 1.807) is 17.5 Å². The minimum Gasteiger partial charge on any atom is -0.778 e. The summed E-state index contributed by atoms with van der Waals surface area (Å²) >= 11 is 0. The molecular weight excluding hydrogens is 185 g/mol. The number of nitrogens with two attached hydrogens (primary N) is 1. The van der Waals surface area contributed by atoms with Gasteiger partial charge < -0.3 is 14.4 Å². The van der Waals surface area contributed by atoms with Crippen molar-refractivity contribution in [3.63, 3.8) is 0 Å². The summed E-state index contributed by atoms with van der Waals surface area (Å²) in [7, 11) is -4.79. The summed E-state index contributed by atoms with van der Waals surface area (Å²) in [5, 5.41) is 7.19. The van der Waals surface area contributed by atoms with Crippen LogP contribution in [0, 0.1) is 0 Å². The highest BCUT2D eigenvalue weighted by molar-refractivity contribution is 7.50. The van der Waals surface area contributed by atoms with Gasteiger partial charge in [-0.15, -0.1) is 5.14 Å². The molecule has 0 aliphatic carbocycles. The van der Waals surface area contributed by atoms with Crippen LogP contribution < -0.4 is 10.0 Å². The predicted octanol–water partition coefficient (Wildman–Crippen LogP) is 0.195. The van der Waals surface area contributed by atoms with Crippen molar-refractivity contribution in [3.8, 4) is 0 Å². The number of hydrogen-bond donors (Lipinski definition) is 2. The highest BCUT2D eigenvalue weighted by Gasteiger charge is 2.14. The van der Waals surface area contributed by atoms with Gasteiger partial charge in [-0.2, -0.15) is 0 Å². The van der Waals surface area contributed by atoms with E-state index in [0.29, 0.717) is 4.88 Å². The lowest BCUT2D eigenvalue weighted by Gasteiger charge is -2.11. The normalized spacial score (nSPS) is 17.9. The predicted molar refractivity (Wildman–Crippen MR) is 42.6 cm³/mol. The Kier molecular flexibility index (Phi) is 2.47. The summed E-state index contributed by atoms with van der Waals surface area (Å²) < 4.78 is 10.4. The summed E-state index contributed by atoms with van der Waals surface area (Å²) in [5.74, 6) is 0. The van der Waals surface area contributed by atoms with E-state index in [9.17, 15) is 9.46 Å². The highest BCUT2D eigenvalue weighted by Crippen LogP contribution is 2.37. The zero-order chi connectivity index (χ0) is 8.48. The quantitative estimate of drug-likeness (QED) is 0.518. The first-order valence-electron chi connectivity index (χ1n) is 2.87. The van der Waals surface area contributed by atoms with Gasteiger partial charge in [0.05, 0.1) is 16.8 Å². The fourth-order valence-corrected chi connectivity index (χ4v) is 2.96. The van der Waals surface area contributed by atoms with Gasteiger partial charge in [0.25, 0.3) is 0 Å². The average molecular weight is 193 g/mol. The molecule has 62 valence electrons. The minimum absolute atomic E-state index is 0.334. The Labute approximate surface area is 66.9 Å². The fraction of sp³-hybridized carbons (Fsp3) is 0.200. The first kappa shape index (κ1) is 8.90. The first-order chi connectivity index (χ1) is 4.99. The molecule has 11 heavy (non-hydrogen) atoms. The molecular formula is C5H8NO3PS. The van der Waals surface area contributed by atoms with Gasteiger partial charge in [0.2, 0.25) is 0 Å². The maximum Gasteiger partial charge on any atom is 0.180 e. The molecule has 4 nitrogen and oxygen atoms in total. The molecule has 0 aromatic carbocycles. The average Bonchev–Trinajstić information content (AvgIpc) is 2.12. The van der Waals surface area contributed by atoms with Crippen LogP contribution >= 0.6 is 18.3 Å². The van der Waals surface area contributed by atoms with Gasteiger partial charge in [-0.1, -0.05) is 0 Å². The Balaban J connectivity index is 2.80. The largest absolute Gasteiger partial charge is 0.778 e. The molecule has 0 spiro atoms. The molecule has 0 fully saturated rings. The van der Waals surface area contributed by atoms with Crippen molar-refractivity contribution in [3.05, 3.63) is 22.4 Å². The molecule has 0 radical (unpaired) electrons. The summed E-state index contributed by atoms with van der Waals surface area (Å²) in [6.45, 7) is 0. The zero-order valence-electron chi connectivity index (χ0n) is 5.64. The highest BCUT2D eigenvalue weighted by atomic mass is 32.2. The monoisotopic (exact) mass is 193 g/mol. The Hall–Kier alpha value is -0.190. The number of thiophene rings is 1. The SMILES string of the molecule is N[s+]1cccc1CP(=O)([O-])O. The van der Waals surface area contributed by atoms with Crippen LogP contribution in [0.2, 0.25) is 0 Å². The van der Waals surface area contributed by atoms with Gasteiger partial charge in [0.1, 0.15) is 7.60 Å². The molecule has 1 aromatic rings. The fourth-order valence-electron chi connectivity index (χ4n) is 0.721. The van der Waals surface area contributed by atoms with Gasteiger partial charge in [0, 0.05) is 6.07 Å². The topological polar surface area (TPSA) is 86.4 Å². The molecule has 0 saturated carbocycles. The summed E-state index contributed by atoms with van der Waals surface area (Å²) in [5.41, 5.74) is 0. The van der Waals surface area contributed by atoms with Crippen LogP contribution in [-0.2, 0) is 10.7 Å². The van der Waals surface area contributed by atoms with Crippen LogP contribution in [-0.4, -0.2) is 4.89 Å². The van der Waals surface area contributed by atoms with Gasteiger partial charge in [0.15, 0.2) is 10.3 Å². The second-order valence-electron chi connectivity index (χ2n) is 2.13. The molecule has 2 unspecified atom stereocenters. The van der Waals surface area contributed by atoms with Crippen LogP contribution in [0.3, 0.4) is 0 Å². The van der Waals surface area contributed by atoms with Gasteiger partial charge in [-0.05, 0) is 6.07 Å². The van der Waals surface area contributed by atoms with Gasteiger partial charge in [-0.3, -0.25) is 0 Å². The molecule has 3 N–H and O–H groups in total. The lowest BCUT2D eigenvalue weighted by molar-refractivity contribution is -0.193. The molecule has 1 aromatic heterocycles. The van der Waals surface area contributed by atoms with Crippen molar-refractivity contribution in [2.24, 2.45) is 0 Å². The number of hydrogen-bond acceptors (Lipinski definition) is 3. The van der Waals surface area contributed by atoms with Gasteiger partial charge in [-0.25, -0.2) is 0 Å². The van der Waals surface area contributed by atoms with E-state index >= 15 is 0 Å². The van der Waals surface area contributed by atoms with E-state index in [1.807, 2.05) is 0 Å². The first-order valence-corrected chi connectivity index (χ1v) is 5.98. The van der Waals surface area contributed by atoms with Crippen molar-refractivity contribution >= 4 is 18.3 Å². The Bertz CT molecular complexity index is 292. The molecule has 0 bridgehead atoms. The third-order valence-electron chi connectivity index (χ3n) is 1.17. The van der Waals surface area contributed by atoms with Crippen molar-refractivity contribution in [1.29, 1.82) is 0 Å². The molecule has 6 heteroatoms. The molecule has 0 aliphatic rings. The number of rotatable bonds is 2. The van der Waals surface area contributed by atoms with E-state index in [0.717, 1.165) is 0 Å². The third-order valence-corrected chi connectivity index (χ3v) is 3.46. The van der Waals surface area contributed by atoms with Crippen molar-refractivity contribution in [2.75, 3.05) is 5.14 Å². The van der Waals surface area contributed by atoms with Crippen LogP contribution in [0.25, 0.3) is 0 Å². The Morgan fingerprint density at radius 2 is 2.45 bits per heavy atom. The Morgan fingerprint density at radius 3 is 2.82 bits per heavy atom. The van der Waals surface area contributed by atoms with Crippen molar-refractivity contribution in [1.82, 2.24) is 0 Å². The van der Waals surface area contributed by atoms with Crippen LogP contribution in [0.5, 0.6) is 0 Å². The lowest BCUT2D eigenvalue weighted by Crippen LogP contribution is -2.01.